The molecule has 5 nitrogen and oxygen atoms in total. The van der Waals surface area contributed by atoms with Gasteiger partial charge in [-0.15, -0.1) is 11.3 Å². The van der Waals surface area contributed by atoms with Gasteiger partial charge in [-0.05, 0) is 19.1 Å². The molecular weight excluding hydrogens is 264 g/mol. The van der Waals surface area contributed by atoms with E-state index in [-0.39, 0.29) is 5.91 Å². The van der Waals surface area contributed by atoms with Crippen LogP contribution >= 0.6 is 11.3 Å². The number of ether oxygens (including phenoxy) is 1. The van der Waals surface area contributed by atoms with Crippen LogP contribution in [0.3, 0.4) is 0 Å². The molecule has 1 aromatic carbocycles. The number of benzene rings is 1. The molecule has 0 radical (unpaired) electrons. The van der Waals surface area contributed by atoms with Crippen LogP contribution in [-0.2, 0) is 0 Å². The van der Waals surface area contributed by atoms with Crippen LogP contribution in [0.15, 0.2) is 29.6 Å². The van der Waals surface area contributed by atoms with E-state index in [2.05, 4.69) is 10.3 Å². The van der Waals surface area contributed by atoms with Gasteiger partial charge >= 0.3 is 0 Å². The minimum atomic E-state index is -0.645. The fourth-order valence-corrected chi connectivity index (χ4v) is 2.32. The van der Waals surface area contributed by atoms with E-state index in [1.54, 1.807) is 36.6 Å². The van der Waals surface area contributed by atoms with E-state index < -0.39 is 6.10 Å². The molecule has 2 aromatic rings. The lowest BCUT2D eigenvalue weighted by Crippen LogP contribution is -2.13. The number of hydrogen-bond donors (Lipinski definition) is 2. The van der Waals surface area contributed by atoms with Crippen molar-refractivity contribution in [2.45, 2.75) is 13.0 Å². The topological polar surface area (TPSA) is 71.5 Å². The van der Waals surface area contributed by atoms with Crippen molar-refractivity contribution < 1.29 is 14.6 Å². The van der Waals surface area contributed by atoms with Gasteiger partial charge in [-0.2, -0.15) is 0 Å². The first-order chi connectivity index (χ1) is 9.11. The number of aliphatic hydroxyl groups is 1. The third-order valence-electron chi connectivity index (χ3n) is 2.52. The summed E-state index contributed by atoms with van der Waals surface area (Å²) in [5, 5.41) is 14.2. The Morgan fingerprint density at radius 1 is 1.47 bits per heavy atom. The highest BCUT2D eigenvalue weighted by molar-refractivity contribution is 7.14. The molecule has 100 valence electrons. The van der Waals surface area contributed by atoms with E-state index >= 15 is 0 Å². The lowest BCUT2D eigenvalue weighted by Gasteiger charge is -2.07. The number of amides is 1. The fourth-order valence-electron chi connectivity index (χ4n) is 1.53. The van der Waals surface area contributed by atoms with Crippen LogP contribution in [0.5, 0.6) is 5.75 Å². The normalized spacial score (nSPS) is 11.9. The molecule has 0 aliphatic carbocycles. The molecule has 6 heteroatoms. The summed E-state index contributed by atoms with van der Waals surface area (Å²) >= 11 is 1.27. The second kappa shape index (κ2) is 5.81. The first-order valence-corrected chi connectivity index (χ1v) is 6.57. The molecule has 1 heterocycles. The second-order valence-electron chi connectivity index (χ2n) is 3.91. The van der Waals surface area contributed by atoms with Crippen molar-refractivity contribution >= 4 is 22.4 Å². The van der Waals surface area contributed by atoms with Crippen molar-refractivity contribution in [2.24, 2.45) is 0 Å². The smallest absolute Gasteiger partial charge is 0.261 e. The number of carbonyl (C=O) groups is 1. The van der Waals surface area contributed by atoms with Crippen LogP contribution in [-0.4, -0.2) is 23.1 Å². The average molecular weight is 278 g/mol. The lowest BCUT2D eigenvalue weighted by molar-refractivity contribution is 0.102. The van der Waals surface area contributed by atoms with Gasteiger partial charge in [-0.3, -0.25) is 10.1 Å². The van der Waals surface area contributed by atoms with Crippen molar-refractivity contribution in [3.8, 4) is 5.75 Å². The molecule has 0 aliphatic rings. The zero-order valence-electron chi connectivity index (χ0n) is 10.6. The van der Waals surface area contributed by atoms with Gasteiger partial charge in [0.25, 0.3) is 5.91 Å². The third kappa shape index (κ3) is 3.10. The van der Waals surface area contributed by atoms with Crippen LogP contribution < -0.4 is 10.1 Å². The molecule has 1 atom stereocenters. The molecule has 19 heavy (non-hydrogen) atoms. The standard InChI is InChI=1S/C13H14N2O3S/c1-8(16)10-7-19-13(14-10)15-12(17)9-5-3-4-6-11(9)18-2/h3-8,16H,1-2H3,(H,14,15,17). The number of anilines is 1. The summed E-state index contributed by atoms with van der Waals surface area (Å²) in [7, 11) is 1.51. The van der Waals surface area contributed by atoms with E-state index in [1.165, 1.54) is 18.4 Å². The first kappa shape index (κ1) is 13.5. The van der Waals surface area contributed by atoms with Gasteiger partial charge < -0.3 is 9.84 Å². The van der Waals surface area contributed by atoms with Gasteiger partial charge in [-0.25, -0.2) is 4.98 Å². The molecule has 0 saturated carbocycles. The molecule has 2 rings (SSSR count). The summed E-state index contributed by atoms with van der Waals surface area (Å²) in [6.07, 6.45) is -0.645. The van der Waals surface area contributed by atoms with E-state index in [4.69, 9.17) is 4.74 Å². The monoisotopic (exact) mass is 278 g/mol. The Morgan fingerprint density at radius 3 is 2.84 bits per heavy atom. The maximum absolute atomic E-state index is 12.1. The van der Waals surface area contributed by atoms with E-state index in [0.717, 1.165) is 0 Å². The zero-order valence-corrected chi connectivity index (χ0v) is 11.4. The number of nitrogens with one attached hydrogen (secondary N) is 1. The highest BCUT2D eigenvalue weighted by atomic mass is 32.1. The lowest BCUT2D eigenvalue weighted by atomic mass is 10.2. The van der Waals surface area contributed by atoms with Crippen molar-refractivity contribution in [1.29, 1.82) is 0 Å². The van der Waals surface area contributed by atoms with Crippen LogP contribution in [0.1, 0.15) is 29.1 Å². The largest absolute Gasteiger partial charge is 0.496 e. The number of carbonyl (C=O) groups excluding carboxylic acids is 1. The highest BCUT2D eigenvalue weighted by Crippen LogP contribution is 2.23. The zero-order chi connectivity index (χ0) is 13.8. The van der Waals surface area contributed by atoms with Crippen molar-refractivity contribution in [3.63, 3.8) is 0 Å². The number of rotatable bonds is 4. The molecule has 1 aromatic heterocycles. The highest BCUT2D eigenvalue weighted by Gasteiger charge is 2.14. The van der Waals surface area contributed by atoms with Crippen molar-refractivity contribution in [1.82, 2.24) is 4.98 Å². The number of nitrogens with zero attached hydrogens (tertiary/aromatic N) is 1. The predicted molar refractivity (Wildman–Crippen MR) is 73.7 cm³/mol. The Hall–Kier alpha value is -1.92. The van der Waals surface area contributed by atoms with Gasteiger partial charge in [0.05, 0.1) is 24.5 Å². The van der Waals surface area contributed by atoms with Crippen LogP contribution in [0, 0.1) is 0 Å². The Morgan fingerprint density at radius 2 is 2.21 bits per heavy atom. The Labute approximate surface area is 114 Å². The summed E-state index contributed by atoms with van der Waals surface area (Å²) in [6.45, 7) is 1.63. The molecule has 0 spiro atoms. The van der Waals surface area contributed by atoms with Gasteiger partial charge in [0.2, 0.25) is 0 Å². The molecule has 0 bridgehead atoms. The minimum Gasteiger partial charge on any atom is -0.496 e. The number of aromatic nitrogens is 1. The Kier molecular flexibility index (Phi) is 4.13. The maximum Gasteiger partial charge on any atom is 0.261 e. The van der Waals surface area contributed by atoms with E-state index in [0.29, 0.717) is 22.1 Å². The quantitative estimate of drug-likeness (QED) is 0.901. The van der Waals surface area contributed by atoms with Crippen LogP contribution in [0.25, 0.3) is 0 Å². The molecule has 1 unspecified atom stereocenters. The van der Waals surface area contributed by atoms with Crippen LogP contribution in [0.4, 0.5) is 5.13 Å². The molecular formula is C13H14N2O3S. The summed E-state index contributed by atoms with van der Waals surface area (Å²) in [4.78, 5) is 16.2. The minimum absolute atomic E-state index is 0.288. The summed E-state index contributed by atoms with van der Waals surface area (Å²) in [5.74, 6) is 0.219. The summed E-state index contributed by atoms with van der Waals surface area (Å²) in [6, 6.07) is 6.96. The van der Waals surface area contributed by atoms with E-state index in [1.807, 2.05) is 0 Å². The third-order valence-corrected chi connectivity index (χ3v) is 3.30. The van der Waals surface area contributed by atoms with Crippen LogP contribution in [0.2, 0.25) is 0 Å². The Balaban J connectivity index is 2.16. The van der Waals surface area contributed by atoms with Gasteiger partial charge in [0.15, 0.2) is 5.13 Å². The number of methoxy groups -OCH3 is 1. The molecule has 2 N–H and O–H groups in total. The van der Waals surface area contributed by atoms with Gasteiger partial charge in [-0.1, -0.05) is 12.1 Å². The molecule has 0 aliphatic heterocycles. The number of para-hydroxylation sites is 1. The van der Waals surface area contributed by atoms with Crippen molar-refractivity contribution in [3.05, 3.63) is 40.9 Å². The van der Waals surface area contributed by atoms with Crippen molar-refractivity contribution in [2.75, 3.05) is 12.4 Å². The second-order valence-corrected chi connectivity index (χ2v) is 4.77. The number of thiazole rings is 1. The molecule has 1 amide bonds. The summed E-state index contributed by atoms with van der Waals surface area (Å²) < 4.78 is 5.13. The SMILES string of the molecule is COc1ccccc1C(=O)Nc1nc(C(C)O)cs1. The first-order valence-electron chi connectivity index (χ1n) is 5.69. The predicted octanol–water partition coefficient (Wildman–Crippen LogP) is 2.46. The Bertz CT molecular complexity index is 581. The van der Waals surface area contributed by atoms with Gasteiger partial charge in [0, 0.05) is 5.38 Å². The number of hydrogen-bond acceptors (Lipinski definition) is 5. The molecule has 0 fully saturated rings. The fraction of sp³-hybridized carbons (Fsp3) is 0.231. The number of aliphatic hydroxyl groups excluding tert-OH is 1. The van der Waals surface area contributed by atoms with E-state index in [9.17, 15) is 9.90 Å². The average Bonchev–Trinajstić information content (AvgIpc) is 2.87. The summed E-state index contributed by atoms with van der Waals surface area (Å²) in [5.41, 5.74) is 0.985. The molecule has 0 saturated heterocycles. The van der Waals surface area contributed by atoms with Gasteiger partial charge in [0.1, 0.15) is 5.75 Å². The maximum atomic E-state index is 12.1.